The van der Waals surface area contributed by atoms with Gasteiger partial charge in [0.05, 0.1) is 0 Å². The fourth-order valence-electron chi connectivity index (χ4n) is 1.85. The number of likely N-dealkylation sites (tertiary alicyclic amines) is 1. The molecular formula is C9H13ClN4O. The normalized spacial score (nSPS) is 21.3. The Labute approximate surface area is 92.8 Å². The van der Waals surface area contributed by atoms with E-state index in [1.807, 2.05) is 7.05 Å². The minimum atomic E-state index is 0.186. The molecule has 15 heavy (non-hydrogen) atoms. The summed E-state index contributed by atoms with van der Waals surface area (Å²) in [5.41, 5.74) is 5.53. The summed E-state index contributed by atoms with van der Waals surface area (Å²) >= 11 is 5.79. The summed E-state index contributed by atoms with van der Waals surface area (Å²) in [6.45, 7) is 1.46. The molecule has 1 aliphatic rings. The molecule has 2 rings (SSSR count). The molecule has 0 aromatic carbocycles. The maximum Gasteiger partial charge on any atom is 0.222 e. The van der Waals surface area contributed by atoms with Crippen molar-refractivity contribution in [3.8, 4) is 0 Å². The van der Waals surface area contributed by atoms with Crippen molar-refractivity contribution in [2.75, 3.05) is 19.3 Å². The van der Waals surface area contributed by atoms with Crippen molar-refractivity contribution >= 4 is 23.3 Å². The van der Waals surface area contributed by atoms with Crippen LogP contribution in [0.2, 0.25) is 5.02 Å². The largest absolute Gasteiger partial charge is 0.381 e. The highest BCUT2D eigenvalue weighted by Crippen LogP contribution is 2.20. The molecule has 0 aliphatic carbocycles. The number of hydrogen-bond donors (Lipinski definition) is 1. The van der Waals surface area contributed by atoms with Gasteiger partial charge >= 0.3 is 0 Å². The van der Waals surface area contributed by atoms with Gasteiger partial charge in [0.25, 0.3) is 0 Å². The molecule has 6 heteroatoms. The van der Waals surface area contributed by atoms with Crippen molar-refractivity contribution in [3.05, 3.63) is 11.2 Å². The van der Waals surface area contributed by atoms with E-state index in [9.17, 15) is 4.79 Å². The van der Waals surface area contributed by atoms with Gasteiger partial charge in [-0.15, -0.1) is 0 Å². The van der Waals surface area contributed by atoms with Crippen molar-refractivity contribution in [3.63, 3.8) is 0 Å². The summed E-state index contributed by atoms with van der Waals surface area (Å²) in [6, 6.07) is 0. The second-order valence-electron chi connectivity index (χ2n) is 3.93. The van der Waals surface area contributed by atoms with Gasteiger partial charge in [0.1, 0.15) is 5.02 Å². The highest BCUT2D eigenvalue weighted by Gasteiger charge is 2.27. The number of nitrogens with zero attached hydrogens (tertiary/aromatic N) is 3. The Morgan fingerprint density at radius 2 is 2.47 bits per heavy atom. The lowest BCUT2D eigenvalue weighted by molar-refractivity contribution is -0.126. The minimum Gasteiger partial charge on any atom is -0.381 e. The number of nitrogens with two attached hydrogens (primary N) is 1. The molecule has 0 radical (unpaired) electrons. The van der Waals surface area contributed by atoms with Crippen LogP contribution in [0.15, 0.2) is 6.20 Å². The van der Waals surface area contributed by atoms with Crippen LogP contribution in [0, 0.1) is 5.92 Å². The van der Waals surface area contributed by atoms with Crippen LogP contribution in [0.25, 0.3) is 0 Å². The van der Waals surface area contributed by atoms with Crippen LogP contribution in [0.5, 0.6) is 0 Å². The third-order valence-electron chi connectivity index (χ3n) is 2.61. The maximum atomic E-state index is 11.3. The van der Waals surface area contributed by atoms with Crippen molar-refractivity contribution in [2.24, 2.45) is 5.92 Å². The van der Waals surface area contributed by atoms with Gasteiger partial charge in [-0.1, -0.05) is 11.6 Å². The van der Waals surface area contributed by atoms with Gasteiger partial charge in [-0.25, -0.2) is 0 Å². The number of nitrogen functional groups attached to an aromatic ring is 1. The molecule has 5 nitrogen and oxygen atoms in total. The number of aromatic nitrogens is 2. The quantitative estimate of drug-likeness (QED) is 0.806. The Morgan fingerprint density at radius 3 is 2.93 bits per heavy atom. The number of rotatable bonds is 2. The van der Waals surface area contributed by atoms with Crippen molar-refractivity contribution < 1.29 is 4.79 Å². The van der Waals surface area contributed by atoms with Crippen molar-refractivity contribution in [1.82, 2.24) is 14.7 Å². The Bertz CT molecular complexity index is 370. The molecule has 0 bridgehead atoms. The fourth-order valence-corrected chi connectivity index (χ4v) is 2.00. The predicted octanol–water partition coefficient (Wildman–Crippen LogP) is 0.597. The Hall–Kier alpha value is -1.23. The average Bonchev–Trinajstić information content (AvgIpc) is 2.59. The van der Waals surface area contributed by atoms with Gasteiger partial charge in [-0.3, -0.25) is 9.48 Å². The molecule has 1 amide bonds. The van der Waals surface area contributed by atoms with Crippen LogP contribution in [0.4, 0.5) is 5.82 Å². The molecule has 1 unspecified atom stereocenters. The minimum absolute atomic E-state index is 0.186. The first kappa shape index (κ1) is 10.3. The number of halogens is 1. The molecule has 2 heterocycles. The van der Waals surface area contributed by atoms with E-state index < -0.39 is 0 Å². The van der Waals surface area contributed by atoms with Crippen LogP contribution in [-0.4, -0.2) is 34.2 Å². The highest BCUT2D eigenvalue weighted by atomic mass is 35.5. The van der Waals surface area contributed by atoms with Gasteiger partial charge < -0.3 is 10.6 Å². The Kier molecular flexibility index (Phi) is 2.56. The monoisotopic (exact) mass is 228 g/mol. The molecule has 1 saturated heterocycles. The van der Waals surface area contributed by atoms with E-state index in [2.05, 4.69) is 5.10 Å². The van der Waals surface area contributed by atoms with E-state index in [0.717, 1.165) is 6.54 Å². The van der Waals surface area contributed by atoms with Crippen LogP contribution >= 0.6 is 11.6 Å². The number of hydrogen-bond acceptors (Lipinski definition) is 3. The molecule has 1 aromatic rings. The van der Waals surface area contributed by atoms with Gasteiger partial charge in [-0.05, 0) is 0 Å². The van der Waals surface area contributed by atoms with E-state index in [1.54, 1.807) is 15.8 Å². The third-order valence-corrected chi connectivity index (χ3v) is 2.90. The number of carbonyl (C=O) groups is 1. The molecular weight excluding hydrogens is 216 g/mol. The van der Waals surface area contributed by atoms with Crippen molar-refractivity contribution in [2.45, 2.75) is 13.0 Å². The average molecular weight is 229 g/mol. The summed E-state index contributed by atoms with van der Waals surface area (Å²) in [7, 11) is 1.81. The summed E-state index contributed by atoms with van der Waals surface area (Å²) in [4.78, 5) is 13.0. The fraction of sp³-hybridized carbons (Fsp3) is 0.556. The van der Waals surface area contributed by atoms with Gasteiger partial charge in [0.2, 0.25) is 5.91 Å². The molecule has 0 saturated carbocycles. The zero-order valence-corrected chi connectivity index (χ0v) is 9.24. The molecule has 1 atom stereocenters. The van der Waals surface area contributed by atoms with Crippen LogP contribution in [0.3, 0.4) is 0 Å². The second kappa shape index (κ2) is 3.73. The first-order valence-corrected chi connectivity index (χ1v) is 5.16. The lowest BCUT2D eigenvalue weighted by atomic mass is 10.1. The SMILES string of the molecule is CN1CC(Cn2cc(Cl)c(N)n2)CC1=O. The molecule has 2 N–H and O–H groups in total. The van der Waals surface area contributed by atoms with Crippen LogP contribution in [0.1, 0.15) is 6.42 Å². The van der Waals surface area contributed by atoms with E-state index in [0.29, 0.717) is 29.7 Å². The van der Waals surface area contributed by atoms with Gasteiger partial charge in [0.15, 0.2) is 5.82 Å². The molecule has 82 valence electrons. The Morgan fingerprint density at radius 1 is 1.73 bits per heavy atom. The van der Waals surface area contributed by atoms with Gasteiger partial charge in [0, 0.05) is 38.7 Å². The standard InChI is InChI=1S/C9H13ClN4O/c1-13-3-6(2-8(13)15)4-14-5-7(10)9(11)12-14/h5-6H,2-4H2,1H3,(H2,11,12). The first-order chi connectivity index (χ1) is 7.06. The number of anilines is 1. The van der Waals surface area contributed by atoms with E-state index in [-0.39, 0.29) is 5.91 Å². The zero-order chi connectivity index (χ0) is 11.0. The Balaban J connectivity index is 2.01. The van der Waals surface area contributed by atoms with Crippen molar-refractivity contribution in [1.29, 1.82) is 0 Å². The summed E-state index contributed by atoms with van der Waals surface area (Å²) in [5.74, 6) is 0.832. The zero-order valence-electron chi connectivity index (χ0n) is 8.48. The smallest absolute Gasteiger partial charge is 0.222 e. The van der Waals surface area contributed by atoms with E-state index in [4.69, 9.17) is 17.3 Å². The topological polar surface area (TPSA) is 64.2 Å². The highest BCUT2D eigenvalue weighted by molar-refractivity contribution is 6.32. The molecule has 1 fully saturated rings. The second-order valence-corrected chi connectivity index (χ2v) is 4.34. The maximum absolute atomic E-state index is 11.3. The third kappa shape index (κ3) is 2.07. The lowest BCUT2D eigenvalue weighted by Crippen LogP contribution is -2.20. The number of carbonyl (C=O) groups excluding carboxylic acids is 1. The van der Waals surface area contributed by atoms with E-state index in [1.165, 1.54) is 0 Å². The number of amides is 1. The molecule has 1 aromatic heterocycles. The van der Waals surface area contributed by atoms with E-state index >= 15 is 0 Å². The van der Waals surface area contributed by atoms with Crippen LogP contribution < -0.4 is 5.73 Å². The first-order valence-electron chi connectivity index (χ1n) is 4.78. The van der Waals surface area contributed by atoms with Crippen LogP contribution in [-0.2, 0) is 11.3 Å². The predicted molar refractivity (Wildman–Crippen MR) is 57.4 cm³/mol. The van der Waals surface area contributed by atoms with Gasteiger partial charge in [-0.2, -0.15) is 5.10 Å². The lowest BCUT2D eigenvalue weighted by Gasteiger charge is -2.09. The summed E-state index contributed by atoms with van der Waals surface area (Å²) in [5, 5.41) is 4.52. The summed E-state index contributed by atoms with van der Waals surface area (Å²) < 4.78 is 1.70. The molecule has 0 spiro atoms. The summed E-state index contributed by atoms with van der Waals surface area (Å²) in [6.07, 6.45) is 2.27. The molecule has 1 aliphatic heterocycles.